The van der Waals surface area contributed by atoms with Crippen LogP contribution in [0.1, 0.15) is 40.0 Å². The second kappa shape index (κ2) is 8.55. The monoisotopic (exact) mass is 370 g/mol. The van der Waals surface area contributed by atoms with Crippen molar-refractivity contribution in [1.29, 1.82) is 0 Å². The summed E-state index contributed by atoms with van der Waals surface area (Å²) in [6, 6.07) is 7.72. The zero-order valence-electron chi connectivity index (χ0n) is 16.6. The highest BCUT2D eigenvalue weighted by atomic mass is 16.2. The van der Waals surface area contributed by atoms with Gasteiger partial charge in [0.15, 0.2) is 5.82 Å². The molecular weight excluding hydrogens is 340 g/mol. The zero-order valence-corrected chi connectivity index (χ0v) is 16.6. The Kier molecular flexibility index (Phi) is 6.14. The lowest BCUT2D eigenvalue weighted by atomic mass is 9.97. The van der Waals surface area contributed by atoms with E-state index in [-0.39, 0.29) is 17.4 Å². The predicted molar refractivity (Wildman–Crippen MR) is 109 cm³/mol. The summed E-state index contributed by atoms with van der Waals surface area (Å²) in [5.41, 5.74) is 1.60. The molecule has 27 heavy (non-hydrogen) atoms. The quantitative estimate of drug-likeness (QED) is 0.849. The van der Waals surface area contributed by atoms with Crippen LogP contribution >= 0.6 is 0 Å². The molecule has 1 aromatic carbocycles. The van der Waals surface area contributed by atoms with Crippen LogP contribution in [0, 0.1) is 11.8 Å². The standard InChI is InChI=1S/C21H30N4O2/c1-4-25-18-10-6-5-9-17(18)23-19(21(25)27)24-13-7-8-16(14-24)20(26)22-12-11-15(2)3/h5-6,9-10,15-16H,4,7-8,11-14H2,1-3H3,(H,22,26). The number of rotatable bonds is 6. The molecule has 1 amide bonds. The molecule has 1 aliphatic heterocycles. The van der Waals surface area contributed by atoms with Gasteiger partial charge in [0, 0.05) is 26.2 Å². The number of carbonyl (C=O) groups is 1. The molecule has 1 N–H and O–H groups in total. The maximum atomic E-state index is 13.0. The average molecular weight is 370 g/mol. The molecule has 1 unspecified atom stereocenters. The van der Waals surface area contributed by atoms with E-state index in [0.29, 0.717) is 31.4 Å². The van der Waals surface area contributed by atoms with E-state index < -0.39 is 0 Å². The van der Waals surface area contributed by atoms with Gasteiger partial charge in [-0.05, 0) is 44.2 Å². The summed E-state index contributed by atoms with van der Waals surface area (Å²) < 4.78 is 1.77. The van der Waals surface area contributed by atoms with Crippen LogP contribution in [0.2, 0.25) is 0 Å². The summed E-state index contributed by atoms with van der Waals surface area (Å²) in [6.45, 7) is 8.90. The fourth-order valence-electron chi connectivity index (χ4n) is 3.71. The minimum Gasteiger partial charge on any atom is -0.356 e. The van der Waals surface area contributed by atoms with Gasteiger partial charge in [0.05, 0.1) is 17.0 Å². The summed E-state index contributed by atoms with van der Waals surface area (Å²) in [6.07, 6.45) is 2.73. The van der Waals surface area contributed by atoms with E-state index in [4.69, 9.17) is 0 Å². The number of aryl methyl sites for hydroxylation is 1. The molecule has 0 bridgehead atoms. The summed E-state index contributed by atoms with van der Waals surface area (Å²) in [7, 11) is 0. The minimum atomic E-state index is -0.0892. The van der Waals surface area contributed by atoms with Crippen molar-refractivity contribution in [3.05, 3.63) is 34.6 Å². The number of fused-ring (bicyclic) bond motifs is 1. The van der Waals surface area contributed by atoms with E-state index >= 15 is 0 Å². The van der Waals surface area contributed by atoms with E-state index in [0.717, 1.165) is 36.8 Å². The van der Waals surface area contributed by atoms with Crippen molar-refractivity contribution in [2.75, 3.05) is 24.5 Å². The Hall–Kier alpha value is -2.37. The Morgan fingerprint density at radius 1 is 1.33 bits per heavy atom. The molecule has 1 atom stereocenters. The number of nitrogens with zero attached hydrogens (tertiary/aromatic N) is 3. The van der Waals surface area contributed by atoms with Gasteiger partial charge in [-0.15, -0.1) is 0 Å². The number of amides is 1. The fraction of sp³-hybridized carbons (Fsp3) is 0.571. The number of hydrogen-bond donors (Lipinski definition) is 1. The SMILES string of the molecule is CCn1c(=O)c(N2CCCC(C(=O)NCCC(C)C)C2)nc2ccccc21. The van der Waals surface area contributed by atoms with Crippen LogP contribution in [-0.4, -0.2) is 35.1 Å². The van der Waals surface area contributed by atoms with E-state index in [9.17, 15) is 9.59 Å². The maximum Gasteiger partial charge on any atom is 0.293 e. The van der Waals surface area contributed by atoms with Crippen molar-refractivity contribution < 1.29 is 4.79 Å². The number of aromatic nitrogens is 2. The molecule has 6 heteroatoms. The smallest absolute Gasteiger partial charge is 0.293 e. The molecule has 0 radical (unpaired) electrons. The number of piperidine rings is 1. The third-order valence-electron chi connectivity index (χ3n) is 5.26. The van der Waals surface area contributed by atoms with E-state index in [1.54, 1.807) is 4.57 Å². The van der Waals surface area contributed by atoms with Crippen LogP contribution < -0.4 is 15.8 Å². The Morgan fingerprint density at radius 3 is 2.85 bits per heavy atom. The average Bonchev–Trinajstić information content (AvgIpc) is 2.67. The van der Waals surface area contributed by atoms with Gasteiger partial charge in [-0.25, -0.2) is 4.98 Å². The summed E-state index contributed by atoms with van der Waals surface area (Å²) in [5.74, 6) is 1.04. The molecule has 2 heterocycles. The third-order valence-corrected chi connectivity index (χ3v) is 5.26. The first kappa shape index (κ1) is 19.4. The first-order valence-corrected chi connectivity index (χ1v) is 10.0. The number of hydrogen-bond acceptors (Lipinski definition) is 4. The second-order valence-electron chi connectivity index (χ2n) is 7.73. The summed E-state index contributed by atoms with van der Waals surface area (Å²) in [4.78, 5) is 32.2. The highest BCUT2D eigenvalue weighted by molar-refractivity contribution is 5.80. The van der Waals surface area contributed by atoms with Crippen LogP contribution in [0.4, 0.5) is 5.82 Å². The highest BCUT2D eigenvalue weighted by Crippen LogP contribution is 2.22. The topological polar surface area (TPSA) is 67.2 Å². The first-order valence-electron chi connectivity index (χ1n) is 10.0. The molecule has 6 nitrogen and oxygen atoms in total. The number of nitrogens with one attached hydrogen (secondary N) is 1. The van der Waals surface area contributed by atoms with Crippen LogP contribution in [0.3, 0.4) is 0 Å². The molecular formula is C21H30N4O2. The van der Waals surface area contributed by atoms with Crippen molar-refractivity contribution >= 4 is 22.8 Å². The molecule has 0 aliphatic carbocycles. The van der Waals surface area contributed by atoms with E-state index in [2.05, 4.69) is 24.1 Å². The van der Waals surface area contributed by atoms with Crippen LogP contribution in [0.25, 0.3) is 11.0 Å². The van der Waals surface area contributed by atoms with Crippen molar-refractivity contribution in [1.82, 2.24) is 14.9 Å². The maximum absolute atomic E-state index is 13.0. The van der Waals surface area contributed by atoms with E-state index in [1.165, 1.54) is 0 Å². The van der Waals surface area contributed by atoms with Crippen LogP contribution in [0.5, 0.6) is 0 Å². The van der Waals surface area contributed by atoms with Gasteiger partial charge in [-0.1, -0.05) is 26.0 Å². The molecule has 1 aromatic heterocycles. The van der Waals surface area contributed by atoms with Crippen molar-refractivity contribution in [3.63, 3.8) is 0 Å². The molecule has 3 rings (SSSR count). The number of anilines is 1. The minimum absolute atomic E-state index is 0.0722. The molecule has 2 aromatic rings. The predicted octanol–water partition coefficient (Wildman–Crippen LogP) is 2.80. The highest BCUT2D eigenvalue weighted by Gasteiger charge is 2.28. The van der Waals surface area contributed by atoms with Gasteiger partial charge in [0.2, 0.25) is 5.91 Å². The van der Waals surface area contributed by atoms with Gasteiger partial charge >= 0.3 is 0 Å². The lowest BCUT2D eigenvalue weighted by Gasteiger charge is -2.32. The normalized spacial score (nSPS) is 17.5. The number of carbonyl (C=O) groups excluding carboxylic acids is 1. The molecule has 1 aliphatic rings. The van der Waals surface area contributed by atoms with Gasteiger partial charge in [-0.2, -0.15) is 0 Å². The largest absolute Gasteiger partial charge is 0.356 e. The van der Waals surface area contributed by atoms with Gasteiger partial charge < -0.3 is 14.8 Å². The molecule has 1 fully saturated rings. The van der Waals surface area contributed by atoms with Crippen LogP contribution in [-0.2, 0) is 11.3 Å². The van der Waals surface area contributed by atoms with Gasteiger partial charge in [0.1, 0.15) is 0 Å². The zero-order chi connectivity index (χ0) is 19.4. The number of para-hydroxylation sites is 2. The van der Waals surface area contributed by atoms with Gasteiger partial charge in [0.25, 0.3) is 5.56 Å². The number of benzene rings is 1. The van der Waals surface area contributed by atoms with Crippen molar-refractivity contribution in [2.24, 2.45) is 11.8 Å². The molecule has 146 valence electrons. The van der Waals surface area contributed by atoms with Crippen molar-refractivity contribution in [2.45, 2.75) is 46.6 Å². The Balaban J connectivity index is 1.81. The van der Waals surface area contributed by atoms with Crippen LogP contribution in [0.15, 0.2) is 29.1 Å². The third kappa shape index (κ3) is 4.31. The Bertz CT molecular complexity index is 859. The van der Waals surface area contributed by atoms with Crippen molar-refractivity contribution in [3.8, 4) is 0 Å². The molecule has 0 spiro atoms. The van der Waals surface area contributed by atoms with Gasteiger partial charge in [-0.3, -0.25) is 9.59 Å². The lowest BCUT2D eigenvalue weighted by molar-refractivity contribution is -0.125. The Labute approximate surface area is 160 Å². The second-order valence-corrected chi connectivity index (χ2v) is 7.73. The first-order chi connectivity index (χ1) is 13.0. The molecule has 0 saturated carbocycles. The molecule has 1 saturated heterocycles. The van der Waals surface area contributed by atoms with E-state index in [1.807, 2.05) is 36.1 Å². The lowest BCUT2D eigenvalue weighted by Crippen LogP contribution is -2.45. The Morgan fingerprint density at radius 2 is 2.11 bits per heavy atom. The summed E-state index contributed by atoms with van der Waals surface area (Å²) in [5, 5.41) is 3.05. The fourth-order valence-corrected chi connectivity index (χ4v) is 3.71. The summed E-state index contributed by atoms with van der Waals surface area (Å²) >= 11 is 0.